The van der Waals surface area contributed by atoms with Crippen molar-refractivity contribution in [3.63, 3.8) is 0 Å². The van der Waals surface area contributed by atoms with Crippen LogP contribution in [-0.2, 0) is 4.74 Å². The number of hydrogen-bond acceptors (Lipinski definition) is 6. The Morgan fingerprint density at radius 3 is 2.45 bits per heavy atom. The van der Waals surface area contributed by atoms with E-state index in [1.165, 1.54) is 5.39 Å². The minimum absolute atomic E-state index is 0.261. The Balaban J connectivity index is 1.22. The normalized spacial score (nSPS) is 19.5. The molecule has 7 rings (SSSR count). The summed E-state index contributed by atoms with van der Waals surface area (Å²) in [7, 11) is 0. The van der Waals surface area contributed by atoms with E-state index in [9.17, 15) is 9.90 Å². The molecule has 5 aromatic rings. The fourth-order valence-corrected chi connectivity index (χ4v) is 5.58. The van der Waals surface area contributed by atoms with Crippen molar-refractivity contribution >= 4 is 28.3 Å². The highest BCUT2D eigenvalue weighted by Crippen LogP contribution is 2.47. The van der Waals surface area contributed by atoms with Crippen LogP contribution < -0.4 is 4.90 Å². The average Bonchev–Trinajstić information content (AvgIpc) is 3.37. The predicted molar refractivity (Wildman–Crippen MR) is 145 cm³/mol. The maximum atomic E-state index is 11.3. The van der Waals surface area contributed by atoms with Crippen molar-refractivity contribution in [1.82, 2.24) is 19.4 Å². The lowest BCUT2D eigenvalue weighted by atomic mass is 9.71. The highest BCUT2D eigenvalue weighted by atomic mass is 16.5. The van der Waals surface area contributed by atoms with Gasteiger partial charge in [0.2, 0.25) is 0 Å². The Morgan fingerprint density at radius 1 is 0.895 bits per heavy atom. The van der Waals surface area contributed by atoms with E-state index < -0.39 is 5.97 Å². The molecule has 0 spiro atoms. The summed E-state index contributed by atoms with van der Waals surface area (Å²) in [5, 5.41) is 10.5. The number of benzene rings is 2. The molecular formula is C30H27N5O3. The maximum absolute atomic E-state index is 11.3. The number of ether oxygens (including phenoxy) is 1. The zero-order valence-corrected chi connectivity index (χ0v) is 20.8. The predicted octanol–water partition coefficient (Wildman–Crippen LogP) is 5.14. The quantitative estimate of drug-likeness (QED) is 0.354. The Hall–Kier alpha value is -4.30. The number of pyridine rings is 1. The van der Waals surface area contributed by atoms with Crippen molar-refractivity contribution in [2.75, 3.05) is 31.2 Å². The number of para-hydroxylation sites is 1. The molecule has 1 saturated heterocycles. The van der Waals surface area contributed by atoms with Gasteiger partial charge in [0, 0.05) is 47.8 Å². The van der Waals surface area contributed by atoms with Gasteiger partial charge in [-0.3, -0.25) is 9.38 Å². The molecule has 1 aliphatic carbocycles. The summed E-state index contributed by atoms with van der Waals surface area (Å²) in [5.74, 6) is 0.701. The van der Waals surface area contributed by atoms with Gasteiger partial charge in [-0.1, -0.05) is 36.4 Å². The molecule has 2 aliphatic rings. The van der Waals surface area contributed by atoms with Crippen molar-refractivity contribution < 1.29 is 14.6 Å². The van der Waals surface area contributed by atoms with Crippen LogP contribution in [0.15, 0.2) is 73.1 Å². The summed E-state index contributed by atoms with van der Waals surface area (Å²) in [6.07, 6.45) is 6.02. The van der Waals surface area contributed by atoms with Gasteiger partial charge in [-0.15, -0.1) is 0 Å². The standard InChI is InChI=1S/C30H27N5O3/c36-30(37)21-7-5-20(6-8-21)27-17-31-28(34-11-13-38-14-12-34)29-33-26(18-35(27)29)23-15-22(16-23)25-10-9-19-3-1-2-4-24(19)32-25/h1-10,17-18,22-23H,11-16H2,(H,36,37). The number of aromatic nitrogens is 4. The number of fused-ring (bicyclic) bond motifs is 2. The number of rotatable bonds is 5. The van der Waals surface area contributed by atoms with Crippen molar-refractivity contribution in [2.24, 2.45) is 0 Å². The molecule has 38 heavy (non-hydrogen) atoms. The first-order chi connectivity index (χ1) is 18.6. The number of aromatic carboxylic acids is 1. The fourth-order valence-electron chi connectivity index (χ4n) is 5.58. The van der Waals surface area contributed by atoms with E-state index in [2.05, 4.69) is 39.8 Å². The van der Waals surface area contributed by atoms with Crippen LogP contribution >= 0.6 is 0 Å². The third-order valence-corrected chi connectivity index (χ3v) is 7.83. The first-order valence-corrected chi connectivity index (χ1v) is 13.0. The molecule has 0 atom stereocenters. The van der Waals surface area contributed by atoms with Gasteiger partial charge in [0.15, 0.2) is 11.5 Å². The summed E-state index contributed by atoms with van der Waals surface area (Å²) in [6.45, 7) is 2.89. The van der Waals surface area contributed by atoms with E-state index in [4.69, 9.17) is 19.7 Å². The smallest absolute Gasteiger partial charge is 0.335 e. The van der Waals surface area contributed by atoms with Crippen LogP contribution in [-0.4, -0.2) is 56.7 Å². The second-order valence-electron chi connectivity index (χ2n) is 10.1. The fraction of sp³-hybridized carbons (Fsp3) is 0.267. The Bertz CT molecular complexity index is 1650. The molecule has 0 unspecified atom stereocenters. The lowest BCUT2D eigenvalue weighted by Gasteiger charge is -2.34. The molecule has 0 bridgehead atoms. The summed E-state index contributed by atoms with van der Waals surface area (Å²) in [6, 6.07) is 19.5. The van der Waals surface area contributed by atoms with Crippen molar-refractivity contribution in [3.8, 4) is 11.3 Å². The van der Waals surface area contributed by atoms with Gasteiger partial charge in [0.1, 0.15) is 0 Å². The summed E-state index contributed by atoms with van der Waals surface area (Å²) < 4.78 is 7.67. The second kappa shape index (κ2) is 9.22. The molecule has 0 amide bonds. The average molecular weight is 506 g/mol. The minimum atomic E-state index is -0.937. The highest BCUT2D eigenvalue weighted by Gasteiger charge is 2.34. The van der Waals surface area contributed by atoms with E-state index in [1.54, 1.807) is 12.1 Å². The Morgan fingerprint density at radius 2 is 1.66 bits per heavy atom. The molecular weight excluding hydrogens is 478 g/mol. The van der Waals surface area contributed by atoms with Crippen LogP contribution in [0.1, 0.15) is 46.4 Å². The number of hydrogen-bond donors (Lipinski definition) is 1. The van der Waals surface area contributed by atoms with Crippen molar-refractivity contribution in [1.29, 1.82) is 0 Å². The molecule has 1 saturated carbocycles. The van der Waals surface area contributed by atoms with Gasteiger partial charge < -0.3 is 14.7 Å². The first-order valence-electron chi connectivity index (χ1n) is 13.0. The number of morpholine rings is 1. The van der Waals surface area contributed by atoms with Gasteiger partial charge >= 0.3 is 5.97 Å². The van der Waals surface area contributed by atoms with E-state index in [1.807, 2.05) is 30.5 Å². The molecule has 4 heterocycles. The second-order valence-corrected chi connectivity index (χ2v) is 10.1. The number of nitrogens with zero attached hydrogens (tertiary/aromatic N) is 5. The zero-order valence-electron chi connectivity index (χ0n) is 20.8. The van der Waals surface area contributed by atoms with Crippen LogP contribution in [0.4, 0.5) is 5.82 Å². The minimum Gasteiger partial charge on any atom is -0.478 e. The lowest BCUT2D eigenvalue weighted by molar-refractivity contribution is 0.0697. The van der Waals surface area contributed by atoms with Crippen molar-refractivity contribution in [2.45, 2.75) is 24.7 Å². The Labute approximate surface area is 219 Å². The summed E-state index contributed by atoms with van der Waals surface area (Å²) in [5.41, 5.74) is 6.13. The van der Waals surface area contributed by atoms with Gasteiger partial charge in [-0.25, -0.2) is 14.8 Å². The van der Waals surface area contributed by atoms with Crippen LogP contribution in [0.5, 0.6) is 0 Å². The summed E-state index contributed by atoms with van der Waals surface area (Å²) >= 11 is 0. The van der Waals surface area contributed by atoms with Gasteiger partial charge in [0.05, 0.1) is 41.9 Å². The van der Waals surface area contributed by atoms with Crippen LogP contribution in [0.3, 0.4) is 0 Å². The molecule has 1 aliphatic heterocycles. The lowest BCUT2D eigenvalue weighted by Crippen LogP contribution is -2.37. The van der Waals surface area contributed by atoms with Crippen LogP contribution in [0, 0.1) is 0 Å². The maximum Gasteiger partial charge on any atom is 0.335 e. The molecule has 2 fully saturated rings. The van der Waals surface area contributed by atoms with Crippen molar-refractivity contribution in [3.05, 3.63) is 90.0 Å². The molecule has 8 nitrogen and oxygen atoms in total. The third kappa shape index (κ3) is 3.97. The van der Waals surface area contributed by atoms with Gasteiger partial charge in [-0.05, 0) is 37.1 Å². The van der Waals surface area contributed by atoms with Crippen LogP contribution in [0.2, 0.25) is 0 Å². The van der Waals surface area contributed by atoms with E-state index >= 15 is 0 Å². The Kier molecular flexibility index (Phi) is 5.55. The number of imidazole rings is 1. The molecule has 2 aromatic carbocycles. The SMILES string of the molecule is O=C(O)c1ccc(-c2cnc(N3CCOCC3)c3nc(C4CC(c5ccc6ccccc6n5)C4)cn23)cc1. The zero-order chi connectivity index (χ0) is 25.6. The number of carbonyl (C=O) groups is 1. The molecule has 8 heteroatoms. The number of anilines is 1. The first kappa shape index (κ1) is 22.9. The number of carboxylic acids is 1. The topological polar surface area (TPSA) is 92.8 Å². The van der Waals surface area contributed by atoms with E-state index in [0.717, 1.165) is 65.6 Å². The summed E-state index contributed by atoms with van der Waals surface area (Å²) in [4.78, 5) is 28.5. The van der Waals surface area contributed by atoms with Crippen LogP contribution in [0.25, 0.3) is 27.8 Å². The molecule has 3 aromatic heterocycles. The number of carboxylic acid groups (broad SMARTS) is 1. The van der Waals surface area contributed by atoms with Gasteiger partial charge in [0.25, 0.3) is 0 Å². The highest BCUT2D eigenvalue weighted by molar-refractivity contribution is 5.88. The molecule has 1 N–H and O–H groups in total. The van der Waals surface area contributed by atoms with E-state index in [0.29, 0.717) is 25.0 Å². The monoisotopic (exact) mass is 505 g/mol. The molecule has 190 valence electrons. The largest absolute Gasteiger partial charge is 0.478 e. The van der Waals surface area contributed by atoms with E-state index in [-0.39, 0.29) is 5.56 Å². The molecule has 0 radical (unpaired) electrons. The third-order valence-electron chi connectivity index (χ3n) is 7.83. The van der Waals surface area contributed by atoms with Gasteiger partial charge in [-0.2, -0.15) is 0 Å².